The van der Waals surface area contributed by atoms with E-state index in [-0.39, 0.29) is 11.5 Å². The normalized spacial score (nSPS) is 10.6. The smallest absolute Gasteiger partial charge is 0.332 e. The van der Waals surface area contributed by atoms with Crippen LogP contribution >= 0.6 is 0 Å². The van der Waals surface area contributed by atoms with Crippen molar-refractivity contribution in [2.45, 2.75) is 26.7 Å². The number of hydrogen-bond acceptors (Lipinski definition) is 7. The molecule has 0 aromatic carbocycles. The van der Waals surface area contributed by atoms with Gasteiger partial charge in [0.25, 0.3) is 0 Å². The van der Waals surface area contributed by atoms with Crippen molar-refractivity contribution in [1.82, 2.24) is 24.7 Å². The van der Waals surface area contributed by atoms with Gasteiger partial charge in [-0.25, -0.2) is 9.97 Å². The molecule has 0 aliphatic carbocycles. The molecule has 0 bridgehead atoms. The Morgan fingerprint density at radius 2 is 2.10 bits per heavy atom. The minimum absolute atomic E-state index is 0.124. The standard InChI is InChI=1S/C11H15N7O2/c1-4-8-14-9(5-2)17(16-8)10-7(18(19)20)6-13-11(12-3)15-10/h6H,4-5H2,1-3H3,(H,12,13,15). The average Bonchev–Trinajstić information content (AvgIpc) is 2.89. The van der Waals surface area contributed by atoms with Crippen LogP contribution in [0.2, 0.25) is 0 Å². The molecule has 0 fully saturated rings. The molecule has 9 nitrogen and oxygen atoms in total. The minimum atomic E-state index is -0.526. The molecule has 2 aromatic heterocycles. The van der Waals surface area contributed by atoms with Crippen molar-refractivity contribution in [2.75, 3.05) is 12.4 Å². The number of hydrogen-bond donors (Lipinski definition) is 1. The number of aromatic nitrogens is 5. The summed E-state index contributed by atoms with van der Waals surface area (Å²) in [4.78, 5) is 22.9. The SMILES string of the molecule is CCc1nc(CC)n(-c2nc(NC)ncc2[N+](=O)[O-])n1. The third-order valence-corrected chi connectivity index (χ3v) is 2.72. The van der Waals surface area contributed by atoms with Crippen molar-refractivity contribution in [1.29, 1.82) is 0 Å². The highest BCUT2D eigenvalue weighted by Gasteiger charge is 2.22. The molecule has 106 valence electrons. The molecule has 9 heteroatoms. The molecule has 2 heterocycles. The highest BCUT2D eigenvalue weighted by atomic mass is 16.6. The van der Waals surface area contributed by atoms with Crippen molar-refractivity contribution in [3.05, 3.63) is 28.0 Å². The van der Waals surface area contributed by atoms with E-state index >= 15 is 0 Å². The molecule has 2 aromatic rings. The molecule has 1 N–H and O–H groups in total. The summed E-state index contributed by atoms with van der Waals surface area (Å²) in [6, 6.07) is 0. The Kier molecular flexibility index (Phi) is 3.87. The first-order valence-electron chi connectivity index (χ1n) is 6.25. The summed E-state index contributed by atoms with van der Waals surface area (Å²) in [6.45, 7) is 3.83. The quantitative estimate of drug-likeness (QED) is 0.644. The number of anilines is 1. The first-order chi connectivity index (χ1) is 9.60. The summed E-state index contributed by atoms with van der Waals surface area (Å²) in [6.07, 6.45) is 2.42. The van der Waals surface area contributed by atoms with E-state index in [1.165, 1.54) is 10.9 Å². The number of nitrogens with one attached hydrogen (secondary N) is 1. The van der Waals surface area contributed by atoms with Gasteiger partial charge in [0.1, 0.15) is 12.0 Å². The van der Waals surface area contributed by atoms with E-state index in [1.54, 1.807) is 7.05 Å². The van der Waals surface area contributed by atoms with Crippen LogP contribution in [-0.4, -0.2) is 36.7 Å². The number of nitrogens with zero attached hydrogens (tertiary/aromatic N) is 6. The van der Waals surface area contributed by atoms with Crippen LogP contribution in [0.25, 0.3) is 5.82 Å². The number of aryl methyl sites for hydroxylation is 2. The summed E-state index contributed by atoms with van der Waals surface area (Å²) in [7, 11) is 1.64. The van der Waals surface area contributed by atoms with Gasteiger partial charge < -0.3 is 5.32 Å². The lowest BCUT2D eigenvalue weighted by Gasteiger charge is -2.05. The molecular weight excluding hydrogens is 262 g/mol. The summed E-state index contributed by atoms with van der Waals surface area (Å²) < 4.78 is 1.42. The van der Waals surface area contributed by atoms with Gasteiger partial charge in [0.2, 0.25) is 11.8 Å². The molecule has 2 rings (SSSR count). The third-order valence-electron chi connectivity index (χ3n) is 2.72. The van der Waals surface area contributed by atoms with E-state index in [9.17, 15) is 10.1 Å². The maximum absolute atomic E-state index is 11.1. The Morgan fingerprint density at radius 3 is 2.65 bits per heavy atom. The lowest BCUT2D eigenvalue weighted by molar-refractivity contribution is -0.385. The van der Waals surface area contributed by atoms with Crippen molar-refractivity contribution < 1.29 is 4.92 Å². The zero-order valence-corrected chi connectivity index (χ0v) is 11.5. The first kappa shape index (κ1) is 13.8. The number of rotatable bonds is 5. The fourth-order valence-corrected chi connectivity index (χ4v) is 1.71. The van der Waals surface area contributed by atoms with Crippen LogP contribution in [0, 0.1) is 10.1 Å². The molecule has 0 unspecified atom stereocenters. The Balaban J connectivity index is 2.66. The molecule has 0 saturated heterocycles. The van der Waals surface area contributed by atoms with Gasteiger partial charge >= 0.3 is 5.69 Å². The van der Waals surface area contributed by atoms with Gasteiger partial charge in [0.05, 0.1) is 4.92 Å². The molecule has 0 saturated carbocycles. The second kappa shape index (κ2) is 5.59. The van der Waals surface area contributed by atoms with Crippen LogP contribution in [0.15, 0.2) is 6.20 Å². The summed E-state index contributed by atoms with van der Waals surface area (Å²) in [5, 5.41) is 18.1. The largest absolute Gasteiger partial charge is 0.357 e. The second-order valence-corrected chi connectivity index (χ2v) is 3.97. The molecule has 0 atom stereocenters. The van der Waals surface area contributed by atoms with Crippen molar-refractivity contribution in [2.24, 2.45) is 0 Å². The Bertz CT molecular complexity index is 638. The average molecular weight is 277 g/mol. The first-order valence-corrected chi connectivity index (χ1v) is 6.25. The maximum Gasteiger partial charge on any atom is 0.332 e. The van der Waals surface area contributed by atoms with E-state index in [0.717, 1.165) is 0 Å². The fourth-order valence-electron chi connectivity index (χ4n) is 1.71. The van der Waals surface area contributed by atoms with Crippen LogP contribution in [0.1, 0.15) is 25.5 Å². The van der Waals surface area contributed by atoms with Crippen molar-refractivity contribution >= 4 is 11.6 Å². The fraction of sp³-hybridized carbons (Fsp3) is 0.455. The molecule has 0 radical (unpaired) electrons. The summed E-state index contributed by atoms with van der Waals surface area (Å²) in [5.74, 6) is 1.67. The maximum atomic E-state index is 11.1. The van der Waals surface area contributed by atoms with Crippen molar-refractivity contribution in [3.63, 3.8) is 0 Å². The Morgan fingerprint density at radius 1 is 1.35 bits per heavy atom. The van der Waals surface area contributed by atoms with E-state index in [1.807, 2.05) is 13.8 Å². The monoisotopic (exact) mass is 277 g/mol. The van der Waals surface area contributed by atoms with Crippen LogP contribution < -0.4 is 5.32 Å². The predicted octanol–water partition coefficient (Wildman–Crippen LogP) is 1.13. The van der Waals surface area contributed by atoms with Gasteiger partial charge in [-0.3, -0.25) is 10.1 Å². The highest BCUT2D eigenvalue weighted by molar-refractivity contribution is 5.48. The van der Waals surface area contributed by atoms with Crippen LogP contribution in [0.5, 0.6) is 0 Å². The number of nitro groups is 1. The highest BCUT2D eigenvalue weighted by Crippen LogP contribution is 2.21. The van der Waals surface area contributed by atoms with Gasteiger partial charge in [-0.2, -0.15) is 9.67 Å². The summed E-state index contributed by atoms with van der Waals surface area (Å²) in [5.41, 5.74) is -0.203. The van der Waals surface area contributed by atoms with Gasteiger partial charge in [0, 0.05) is 19.9 Å². The zero-order valence-electron chi connectivity index (χ0n) is 11.5. The third kappa shape index (κ3) is 2.42. The van der Waals surface area contributed by atoms with Gasteiger partial charge in [-0.05, 0) is 0 Å². The van der Waals surface area contributed by atoms with E-state index in [4.69, 9.17) is 0 Å². The Hall–Kier alpha value is -2.58. The minimum Gasteiger partial charge on any atom is -0.357 e. The molecular formula is C11H15N7O2. The van der Waals surface area contributed by atoms with Crippen LogP contribution in [0.4, 0.5) is 11.6 Å². The zero-order chi connectivity index (χ0) is 14.7. The van der Waals surface area contributed by atoms with E-state index in [2.05, 4.69) is 25.4 Å². The Labute approximate surface area is 115 Å². The molecule has 0 aliphatic heterocycles. The molecule has 0 spiro atoms. The van der Waals surface area contributed by atoms with Crippen LogP contribution in [-0.2, 0) is 12.8 Å². The molecule has 0 aliphatic rings. The van der Waals surface area contributed by atoms with E-state index < -0.39 is 4.92 Å². The lowest BCUT2D eigenvalue weighted by Crippen LogP contribution is -2.10. The van der Waals surface area contributed by atoms with Gasteiger partial charge in [0.15, 0.2) is 5.82 Å². The molecule has 20 heavy (non-hydrogen) atoms. The summed E-state index contributed by atoms with van der Waals surface area (Å²) >= 11 is 0. The predicted molar refractivity (Wildman–Crippen MR) is 71.9 cm³/mol. The second-order valence-electron chi connectivity index (χ2n) is 3.97. The van der Waals surface area contributed by atoms with Gasteiger partial charge in [-0.15, -0.1) is 5.10 Å². The van der Waals surface area contributed by atoms with E-state index in [0.29, 0.717) is 30.4 Å². The van der Waals surface area contributed by atoms with Crippen LogP contribution in [0.3, 0.4) is 0 Å². The topological polar surface area (TPSA) is 112 Å². The van der Waals surface area contributed by atoms with Crippen molar-refractivity contribution in [3.8, 4) is 5.82 Å². The van der Waals surface area contributed by atoms with Gasteiger partial charge in [-0.1, -0.05) is 13.8 Å². The molecule has 0 amide bonds. The lowest BCUT2D eigenvalue weighted by atomic mass is 10.4.